The van der Waals surface area contributed by atoms with E-state index in [1.54, 1.807) is 11.3 Å². The van der Waals surface area contributed by atoms with Crippen molar-refractivity contribution in [2.24, 2.45) is 0 Å². The summed E-state index contributed by atoms with van der Waals surface area (Å²) < 4.78 is 1.08. The van der Waals surface area contributed by atoms with E-state index in [4.69, 9.17) is 11.6 Å². The molecule has 0 aliphatic heterocycles. The highest BCUT2D eigenvalue weighted by atomic mass is 127. The molecule has 5 heteroatoms. The molecule has 1 aromatic heterocycles. The molecule has 1 atom stereocenters. The third-order valence-electron chi connectivity index (χ3n) is 3.15. The molecule has 0 saturated heterocycles. The Balaban J connectivity index is 2.22. The number of hydrogen-bond donors (Lipinski definition) is 1. The predicted molar refractivity (Wildman–Crippen MR) is 91.3 cm³/mol. The van der Waals surface area contributed by atoms with Gasteiger partial charge in [-0.15, -0.1) is 11.3 Å². The van der Waals surface area contributed by atoms with Gasteiger partial charge in [0.1, 0.15) is 0 Å². The van der Waals surface area contributed by atoms with Crippen LogP contribution in [0.5, 0.6) is 0 Å². The molecule has 0 spiro atoms. The lowest BCUT2D eigenvalue weighted by Gasteiger charge is -2.16. The lowest BCUT2D eigenvalue weighted by atomic mass is 10.0. The van der Waals surface area contributed by atoms with Gasteiger partial charge >= 0.3 is 0 Å². The van der Waals surface area contributed by atoms with Crippen molar-refractivity contribution in [2.45, 2.75) is 26.3 Å². The number of likely N-dealkylation sites (N-methyl/N-ethyl adjacent to an activating group) is 1. The highest BCUT2D eigenvalue weighted by molar-refractivity contribution is 14.1. The van der Waals surface area contributed by atoms with E-state index in [1.807, 2.05) is 13.1 Å². The van der Waals surface area contributed by atoms with Gasteiger partial charge in [0.2, 0.25) is 0 Å². The highest BCUT2D eigenvalue weighted by Gasteiger charge is 2.14. The molecule has 0 aliphatic carbocycles. The van der Waals surface area contributed by atoms with Crippen molar-refractivity contribution >= 4 is 45.5 Å². The molecule has 2 aromatic rings. The number of nitrogens with one attached hydrogen (secondary N) is 1. The number of nitrogens with zero attached hydrogens (tertiary/aromatic N) is 1. The Hall–Kier alpha value is -0.170. The fraction of sp³-hybridized carbons (Fsp3) is 0.357. The van der Waals surface area contributed by atoms with Crippen LogP contribution in [0.4, 0.5) is 0 Å². The van der Waals surface area contributed by atoms with Crippen molar-refractivity contribution in [2.75, 3.05) is 7.05 Å². The number of benzene rings is 1. The first-order valence-corrected chi connectivity index (χ1v) is 8.33. The van der Waals surface area contributed by atoms with E-state index in [2.05, 4.69) is 58.9 Å². The van der Waals surface area contributed by atoms with Gasteiger partial charge in [-0.2, -0.15) is 0 Å². The van der Waals surface area contributed by atoms with E-state index < -0.39 is 0 Å². The average molecular weight is 407 g/mol. The lowest BCUT2D eigenvalue weighted by molar-refractivity contribution is 0.590. The second-order valence-electron chi connectivity index (χ2n) is 4.47. The van der Waals surface area contributed by atoms with Crippen molar-refractivity contribution in [1.82, 2.24) is 10.3 Å². The van der Waals surface area contributed by atoms with E-state index in [0.717, 1.165) is 20.7 Å². The molecule has 1 unspecified atom stereocenters. The molecule has 19 heavy (non-hydrogen) atoms. The fourth-order valence-electron chi connectivity index (χ4n) is 1.92. The molecular formula is C14H16ClIN2S. The number of thiazole rings is 1. The molecule has 1 aromatic carbocycles. The van der Waals surface area contributed by atoms with Gasteiger partial charge in [-0.05, 0) is 61.2 Å². The Bertz CT molecular complexity index is 563. The zero-order valence-electron chi connectivity index (χ0n) is 11.1. The molecule has 0 bridgehead atoms. The third kappa shape index (κ3) is 3.68. The SMILES string of the molecule is CNC(Cc1nc(C)c(C)s1)c1ccc(I)c(Cl)c1. The zero-order valence-corrected chi connectivity index (χ0v) is 14.9. The van der Waals surface area contributed by atoms with Crippen LogP contribution in [-0.4, -0.2) is 12.0 Å². The van der Waals surface area contributed by atoms with Crippen molar-refractivity contribution in [3.05, 3.63) is 47.9 Å². The Labute approximate surface area is 136 Å². The lowest BCUT2D eigenvalue weighted by Crippen LogP contribution is -2.18. The standard InChI is InChI=1S/C14H16ClIN2S/c1-8-9(2)19-14(18-8)7-13(17-3)10-4-5-12(16)11(15)6-10/h4-6,13,17H,7H2,1-3H3. The summed E-state index contributed by atoms with van der Waals surface area (Å²) in [6, 6.07) is 6.47. The van der Waals surface area contributed by atoms with Crippen molar-refractivity contribution in [1.29, 1.82) is 0 Å². The molecule has 0 saturated carbocycles. The van der Waals surface area contributed by atoms with Crippen molar-refractivity contribution in [3.63, 3.8) is 0 Å². The quantitative estimate of drug-likeness (QED) is 0.755. The van der Waals surface area contributed by atoms with Gasteiger partial charge in [0.15, 0.2) is 0 Å². The third-order valence-corrected chi connectivity index (χ3v) is 5.81. The van der Waals surface area contributed by atoms with Gasteiger partial charge in [0.05, 0.1) is 15.7 Å². The summed E-state index contributed by atoms with van der Waals surface area (Å²) in [7, 11) is 1.98. The van der Waals surface area contributed by atoms with Gasteiger partial charge in [-0.3, -0.25) is 0 Å². The van der Waals surface area contributed by atoms with Crippen LogP contribution in [0.2, 0.25) is 5.02 Å². The molecule has 0 radical (unpaired) electrons. The van der Waals surface area contributed by atoms with Crippen molar-refractivity contribution in [3.8, 4) is 0 Å². The summed E-state index contributed by atoms with van der Waals surface area (Å²) >= 11 is 10.2. The molecule has 2 rings (SSSR count). The van der Waals surface area contributed by atoms with E-state index >= 15 is 0 Å². The second kappa shape index (κ2) is 6.52. The maximum atomic E-state index is 6.20. The summed E-state index contributed by atoms with van der Waals surface area (Å²) in [5, 5.41) is 5.33. The van der Waals surface area contributed by atoms with Crippen LogP contribution in [0.1, 0.15) is 27.2 Å². The number of aryl methyl sites for hydroxylation is 2. The van der Waals surface area contributed by atoms with E-state index in [0.29, 0.717) is 0 Å². The summed E-state index contributed by atoms with van der Waals surface area (Å²) in [5.74, 6) is 0. The van der Waals surface area contributed by atoms with Gasteiger partial charge in [-0.25, -0.2) is 4.98 Å². The van der Waals surface area contributed by atoms with Crippen LogP contribution < -0.4 is 5.32 Å². The Morgan fingerprint density at radius 1 is 1.42 bits per heavy atom. The zero-order chi connectivity index (χ0) is 14.0. The molecule has 102 valence electrons. The smallest absolute Gasteiger partial charge is 0.0949 e. The Morgan fingerprint density at radius 2 is 2.16 bits per heavy atom. The van der Waals surface area contributed by atoms with Gasteiger partial charge in [-0.1, -0.05) is 17.7 Å². The van der Waals surface area contributed by atoms with Gasteiger partial charge in [0.25, 0.3) is 0 Å². The van der Waals surface area contributed by atoms with Crippen LogP contribution >= 0.6 is 45.5 Å². The van der Waals surface area contributed by atoms with E-state index in [1.165, 1.54) is 15.4 Å². The topological polar surface area (TPSA) is 24.9 Å². The van der Waals surface area contributed by atoms with Crippen LogP contribution in [-0.2, 0) is 6.42 Å². The maximum absolute atomic E-state index is 6.20. The number of rotatable bonds is 4. The van der Waals surface area contributed by atoms with Gasteiger partial charge in [0, 0.05) is 20.9 Å². The minimum atomic E-state index is 0.249. The molecule has 1 N–H and O–H groups in total. The maximum Gasteiger partial charge on any atom is 0.0949 e. The summed E-state index contributed by atoms with van der Waals surface area (Å²) in [4.78, 5) is 5.90. The number of hydrogen-bond acceptors (Lipinski definition) is 3. The molecule has 1 heterocycles. The molecule has 2 nitrogen and oxygen atoms in total. The Kier molecular flexibility index (Phi) is 5.22. The van der Waals surface area contributed by atoms with E-state index in [9.17, 15) is 0 Å². The Morgan fingerprint density at radius 3 is 2.68 bits per heavy atom. The summed E-state index contributed by atoms with van der Waals surface area (Å²) in [6.45, 7) is 4.18. The molecular weight excluding hydrogens is 391 g/mol. The fourth-order valence-corrected chi connectivity index (χ4v) is 3.42. The average Bonchev–Trinajstić information content (AvgIpc) is 2.69. The summed E-state index contributed by atoms with van der Waals surface area (Å²) in [5.41, 5.74) is 2.34. The first kappa shape index (κ1) is 15.2. The molecule has 0 fully saturated rings. The first-order chi connectivity index (χ1) is 9.01. The van der Waals surface area contributed by atoms with Crippen LogP contribution in [0.25, 0.3) is 0 Å². The largest absolute Gasteiger partial charge is 0.313 e. The van der Waals surface area contributed by atoms with Crippen LogP contribution in [0.3, 0.4) is 0 Å². The van der Waals surface area contributed by atoms with E-state index in [-0.39, 0.29) is 6.04 Å². The van der Waals surface area contributed by atoms with Crippen LogP contribution in [0.15, 0.2) is 18.2 Å². The highest BCUT2D eigenvalue weighted by Crippen LogP contribution is 2.27. The van der Waals surface area contributed by atoms with Crippen LogP contribution in [0, 0.1) is 17.4 Å². The van der Waals surface area contributed by atoms with Gasteiger partial charge < -0.3 is 5.32 Å². The molecule has 0 aliphatic rings. The minimum absolute atomic E-state index is 0.249. The number of aromatic nitrogens is 1. The normalized spacial score (nSPS) is 12.7. The summed E-state index contributed by atoms with van der Waals surface area (Å²) in [6.07, 6.45) is 0.896. The first-order valence-electron chi connectivity index (χ1n) is 6.06. The monoisotopic (exact) mass is 406 g/mol. The van der Waals surface area contributed by atoms with Crippen molar-refractivity contribution < 1.29 is 0 Å². The molecule has 0 amide bonds. The second-order valence-corrected chi connectivity index (χ2v) is 7.33. The number of halogens is 2. The predicted octanol–water partition coefficient (Wildman–Crippen LogP) is 4.52. The minimum Gasteiger partial charge on any atom is -0.313 e.